The highest BCUT2D eigenvalue weighted by molar-refractivity contribution is 7.90. The minimum Gasteiger partial charge on any atom is -0.236 e. The van der Waals surface area contributed by atoms with E-state index >= 15 is 0 Å². The normalized spacial score (nSPS) is 15.4. The number of hydrogen-bond donors (Lipinski definition) is 0. The summed E-state index contributed by atoms with van der Waals surface area (Å²) in [7, 11) is -2.94. The van der Waals surface area contributed by atoms with Crippen molar-refractivity contribution in [1.29, 1.82) is 0 Å². The van der Waals surface area contributed by atoms with Gasteiger partial charge in [-0.15, -0.1) is 0 Å². The van der Waals surface area contributed by atoms with Crippen molar-refractivity contribution in [3.05, 3.63) is 0 Å². The maximum absolute atomic E-state index is 10.5. The molecule has 0 fully saturated rings. The largest absolute Gasteiger partial charge is 0.236 e. The maximum atomic E-state index is 10.5. The highest BCUT2D eigenvalue weighted by Gasteiger charge is 2.08. The Morgan fingerprint density at radius 2 is 1.89 bits per heavy atom. The molecule has 0 saturated carbocycles. The summed E-state index contributed by atoms with van der Waals surface area (Å²) in [5.41, 5.74) is 0. The summed E-state index contributed by atoms with van der Waals surface area (Å²) < 4.78 is 20.9. The molecule has 0 rings (SSSR count). The Labute approximate surface area is 55.6 Å². The Morgan fingerprint density at radius 3 is 2.00 bits per heavy atom. The van der Waals surface area contributed by atoms with Gasteiger partial charge in [0, 0.05) is 6.26 Å². The Kier molecular flexibility index (Phi) is 3.14. The molecule has 0 heterocycles. The summed E-state index contributed by atoms with van der Waals surface area (Å²) in [6.45, 7) is 1.32. The lowest BCUT2D eigenvalue weighted by molar-refractivity contribution is 0.159. The Bertz CT molecular complexity index is 159. The van der Waals surface area contributed by atoms with Crippen LogP contribution >= 0.6 is 0 Å². The third kappa shape index (κ3) is 5.79. The Hall–Kier alpha value is -0.0900. The van der Waals surface area contributed by atoms with E-state index in [0.717, 1.165) is 6.26 Å². The smallest absolute Gasteiger partial charge is 0.147 e. The minimum absolute atomic E-state index is 0.0104. The molecule has 4 heteroatoms. The predicted molar refractivity (Wildman–Crippen MR) is 34.4 cm³/mol. The van der Waals surface area contributed by atoms with Gasteiger partial charge >= 0.3 is 0 Å². The van der Waals surface area contributed by atoms with Gasteiger partial charge < -0.3 is 0 Å². The van der Waals surface area contributed by atoms with Crippen molar-refractivity contribution in [3.63, 3.8) is 0 Å². The average molecular weight is 151 g/mol. The lowest BCUT2D eigenvalue weighted by Gasteiger charge is -2.01. The molecule has 0 aromatic carbocycles. The van der Waals surface area contributed by atoms with E-state index in [1.54, 1.807) is 6.92 Å². The van der Waals surface area contributed by atoms with E-state index < -0.39 is 9.84 Å². The molecule has 0 saturated heterocycles. The van der Waals surface area contributed by atoms with Crippen LogP contribution in [0.4, 0.5) is 0 Å². The highest BCUT2D eigenvalue weighted by Crippen LogP contribution is 1.96. The molecule has 9 heavy (non-hydrogen) atoms. The van der Waals surface area contributed by atoms with Gasteiger partial charge in [-0.3, -0.25) is 0 Å². The fourth-order valence-electron chi connectivity index (χ4n) is 0.565. The van der Waals surface area contributed by atoms with Crippen LogP contribution in [0.25, 0.3) is 0 Å². The van der Waals surface area contributed by atoms with E-state index in [1.165, 1.54) is 0 Å². The molecule has 0 aromatic rings. The maximum Gasteiger partial charge on any atom is 0.147 e. The topological polar surface area (TPSA) is 54.0 Å². The summed E-state index contributed by atoms with van der Waals surface area (Å²) in [6, 6.07) is 0. The zero-order chi connectivity index (χ0) is 7.49. The summed E-state index contributed by atoms with van der Waals surface area (Å²) in [5, 5.41) is 10.0. The van der Waals surface area contributed by atoms with Crippen molar-refractivity contribution in [2.24, 2.45) is 5.92 Å². The predicted octanol–water partition coefficient (Wildman–Crippen LogP) is 0.0976. The van der Waals surface area contributed by atoms with E-state index in [1.807, 2.05) is 0 Å². The Morgan fingerprint density at radius 1 is 1.44 bits per heavy atom. The van der Waals surface area contributed by atoms with E-state index in [0.29, 0.717) is 0 Å². The minimum atomic E-state index is -2.94. The number of hydrogen-bond acceptors (Lipinski definition) is 2. The van der Waals surface area contributed by atoms with Crippen molar-refractivity contribution in [2.75, 3.05) is 18.6 Å². The third-order valence-electron chi connectivity index (χ3n) is 0.872. The van der Waals surface area contributed by atoms with Crippen LogP contribution in [0.1, 0.15) is 6.92 Å². The quantitative estimate of drug-likeness (QED) is 0.574. The van der Waals surface area contributed by atoms with E-state index in [4.69, 9.17) is 0 Å². The van der Waals surface area contributed by atoms with Crippen LogP contribution in [-0.2, 0) is 14.9 Å². The van der Waals surface area contributed by atoms with Gasteiger partial charge in [-0.2, -0.15) is 0 Å². The standard InChI is InChI=1S/C5H11O3S/c1-5(3-6)4-9(2,7)8/h5H,3-4H2,1-2H3. The first-order valence-electron chi connectivity index (χ1n) is 2.71. The molecular weight excluding hydrogens is 140 g/mol. The van der Waals surface area contributed by atoms with Crippen LogP contribution in [-0.4, -0.2) is 27.0 Å². The molecule has 3 nitrogen and oxygen atoms in total. The molecule has 0 amide bonds. The fraction of sp³-hybridized carbons (Fsp3) is 1.00. The SMILES string of the molecule is CC(C[O])CS(C)(=O)=O. The summed E-state index contributed by atoms with van der Waals surface area (Å²) >= 11 is 0. The first-order valence-corrected chi connectivity index (χ1v) is 4.77. The summed E-state index contributed by atoms with van der Waals surface area (Å²) in [6.07, 6.45) is 1.14. The van der Waals surface area contributed by atoms with Gasteiger partial charge in [-0.05, 0) is 5.92 Å². The van der Waals surface area contributed by atoms with Crippen molar-refractivity contribution in [1.82, 2.24) is 0 Å². The zero-order valence-corrected chi connectivity index (χ0v) is 6.44. The fourth-order valence-corrected chi connectivity index (χ4v) is 1.69. The number of rotatable bonds is 3. The van der Waals surface area contributed by atoms with Gasteiger partial charge in [0.05, 0.1) is 12.4 Å². The monoisotopic (exact) mass is 151 g/mol. The molecule has 0 bridgehead atoms. The first kappa shape index (κ1) is 8.91. The lowest BCUT2D eigenvalue weighted by Crippen LogP contribution is -2.14. The molecule has 0 aromatic heterocycles. The first-order chi connectivity index (χ1) is 3.95. The second-order valence-corrected chi connectivity index (χ2v) is 4.55. The molecule has 0 aliphatic carbocycles. The van der Waals surface area contributed by atoms with Crippen molar-refractivity contribution < 1.29 is 13.5 Å². The van der Waals surface area contributed by atoms with Crippen LogP contribution in [0.2, 0.25) is 0 Å². The molecule has 0 spiro atoms. The van der Waals surface area contributed by atoms with Crippen LogP contribution in [0.15, 0.2) is 0 Å². The van der Waals surface area contributed by atoms with Crippen LogP contribution < -0.4 is 0 Å². The van der Waals surface area contributed by atoms with E-state index in [2.05, 4.69) is 0 Å². The molecule has 0 aliphatic rings. The van der Waals surface area contributed by atoms with Gasteiger partial charge in [0.25, 0.3) is 0 Å². The lowest BCUT2D eigenvalue weighted by atomic mass is 10.2. The van der Waals surface area contributed by atoms with Crippen molar-refractivity contribution in [2.45, 2.75) is 6.92 Å². The van der Waals surface area contributed by atoms with E-state index in [-0.39, 0.29) is 18.3 Å². The van der Waals surface area contributed by atoms with Crippen molar-refractivity contribution >= 4 is 9.84 Å². The van der Waals surface area contributed by atoms with Crippen LogP contribution in [0.3, 0.4) is 0 Å². The van der Waals surface area contributed by atoms with E-state index in [9.17, 15) is 13.5 Å². The Balaban J connectivity index is 3.75. The van der Waals surface area contributed by atoms with Gasteiger partial charge in [-0.1, -0.05) is 6.92 Å². The third-order valence-corrected chi connectivity index (χ3v) is 2.05. The van der Waals surface area contributed by atoms with Gasteiger partial charge in [0.2, 0.25) is 0 Å². The van der Waals surface area contributed by atoms with Crippen molar-refractivity contribution in [3.8, 4) is 0 Å². The molecule has 0 N–H and O–H groups in total. The van der Waals surface area contributed by atoms with Crippen LogP contribution in [0.5, 0.6) is 0 Å². The number of sulfone groups is 1. The summed E-state index contributed by atoms with van der Waals surface area (Å²) in [5.74, 6) is -0.240. The van der Waals surface area contributed by atoms with Crippen LogP contribution in [0, 0.1) is 5.92 Å². The molecule has 1 atom stereocenters. The summed E-state index contributed by atoms with van der Waals surface area (Å²) in [4.78, 5) is 0. The molecule has 1 unspecified atom stereocenters. The zero-order valence-electron chi connectivity index (χ0n) is 5.62. The van der Waals surface area contributed by atoms with Gasteiger partial charge in [-0.25, -0.2) is 13.5 Å². The molecular formula is C5H11O3S. The molecule has 55 valence electrons. The molecule has 0 aliphatic heterocycles. The highest BCUT2D eigenvalue weighted by atomic mass is 32.2. The molecule has 1 radical (unpaired) electrons. The van der Waals surface area contributed by atoms with Gasteiger partial charge in [0.15, 0.2) is 0 Å². The average Bonchev–Trinajstić information content (AvgIpc) is 1.62. The van der Waals surface area contributed by atoms with Gasteiger partial charge in [0.1, 0.15) is 9.84 Å². The second kappa shape index (κ2) is 3.17. The second-order valence-electron chi connectivity index (χ2n) is 2.36.